The van der Waals surface area contributed by atoms with Gasteiger partial charge >= 0.3 is 6.09 Å². The van der Waals surface area contributed by atoms with E-state index in [1.54, 1.807) is 0 Å². The molecular weight excluding hydrogens is 376 g/mol. The van der Waals surface area contributed by atoms with Gasteiger partial charge in [0.15, 0.2) is 0 Å². The van der Waals surface area contributed by atoms with Crippen LogP contribution in [-0.4, -0.2) is 34.9 Å². The van der Waals surface area contributed by atoms with Crippen molar-refractivity contribution in [3.8, 4) is 6.07 Å². The van der Waals surface area contributed by atoms with Gasteiger partial charge in [-0.1, -0.05) is 18.2 Å². The number of anilines is 1. The standard InChI is InChI=1S/C24H26N4O2/c25-14-21-20-10-9-19(27-11-1-2-12-27)13-22(20)28(15-16-3-4-16)23(21)17-5-7-18(8-6-17)26-24(29)30/h5-7,9-10,13,16,18,26H,1-4,8,11-12,15H2,(H,29,30). The Morgan fingerprint density at radius 3 is 2.70 bits per heavy atom. The van der Waals surface area contributed by atoms with E-state index in [0.717, 1.165) is 47.4 Å². The molecule has 1 aromatic heterocycles. The van der Waals surface area contributed by atoms with Gasteiger partial charge in [0.1, 0.15) is 6.07 Å². The molecule has 1 saturated carbocycles. The number of hydrogen-bond donors (Lipinski definition) is 2. The second-order valence-corrected chi connectivity index (χ2v) is 8.60. The minimum atomic E-state index is -1.02. The van der Waals surface area contributed by atoms with E-state index in [1.807, 2.05) is 12.2 Å². The Bertz CT molecular complexity index is 1090. The number of nitrogens with one attached hydrogen (secondary N) is 1. The van der Waals surface area contributed by atoms with Crippen LogP contribution >= 0.6 is 0 Å². The average molecular weight is 402 g/mol. The van der Waals surface area contributed by atoms with Crippen molar-refractivity contribution in [2.75, 3.05) is 18.0 Å². The van der Waals surface area contributed by atoms with Crippen LogP contribution in [0.4, 0.5) is 10.5 Å². The number of allylic oxidation sites excluding steroid dienone is 2. The summed E-state index contributed by atoms with van der Waals surface area (Å²) in [7, 11) is 0. The number of carboxylic acid groups (broad SMARTS) is 1. The number of carbonyl (C=O) groups is 1. The SMILES string of the molecule is N#Cc1c(C2=CCC(NC(=O)O)C=C2)n(CC2CC2)c2cc(N3CCCC3)ccc12. The lowest BCUT2D eigenvalue weighted by Gasteiger charge is -2.19. The second kappa shape index (κ2) is 7.56. The van der Waals surface area contributed by atoms with Gasteiger partial charge in [0.25, 0.3) is 0 Å². The van der Waals surface area contributed by atoms with Gasteiger partial charge in [0.05, 0.1) is 22.8 Å². The summed E-state index contributed by atoms with van der Waals surface area (Å²) in [5.74, 6) is 0.677. The van der Waals surface area contributed by atoms with Gasteiger partial charge in [0, 0.05) is 30.7 Å². The molecule has 0 bridgehead atoms. The molecule has 2 N–H and O–H groups in total. The first kappa shape index (κ1) is 18.8. The molecule has 2 heterocycles. The molecule has 1 aromatic carbocycles. The zero-order valence-electron chi connectivity index (χ0n) is 17.0. The summed E-state index contributed by atoms with van der Waals surface area (Å²) >= 11 is 0. The summed E-state index contributed by atoms with van der Waals surface area (Å²) in [6.07, 6.45) is 10.4. The predicted octanol–water partition coefficient (Wildman–Crippen LogP) is 4.50. The van der Waals surface area contributed by atoms with Gasteiger partial charge in [-0.15, -0.1) is 0 Å². The lowest BCUT2D eigenvalue weighted by molar-refractivity contribution is 0.192. The molecule has 0 radical (unpaired) electrons. The van der Waals surface area contributed by atoms with Crippen molar-refractivity contribution in [1.82, 2.24) is 9.88 Å². The third kappa shape index (κ3) is 3.45. The molecule has 2 aromatic rings. The number of nitriles is 1. The smallest absolute Gasteiger partial charge is 0.405 e. The number of rotatable bonds is 5. The van der Waals surface area contributed by atoms with Crippen LogP contribution in [0.15, 0.2) is 36.4 Å². The van der Waals surface area contributed by atoms with Crippen molar-refractivity contribution >= 4 is 28.3 Å². The van der Waals surface area contributed by atoms with Crippen LogP contribution in [0.1, 0.15) is 43.4 Å². The summed E-state index contributed by atoms with van der Waals surface area (Å²) in [5.41, 5.74) is 5.08. The Hall–Kier alpha value is -3.20. The fourth-order valence-electron chi connectivity index (χ4n) is 4.73. The average Bonchev–Trinajstić information content (AvgIpc) is 3.29. The molecule has 1 atom stereocenters. The Balaban J connectivity index is 1.59. The van der Waals surface area contributed by atoms with E-state index in [0.29, 0.717) is 12.3 Å². The molecule has 3 aliphatic rings. The quantitative estimate of drug-likeness (QED) is 0.771. The minimum absolute atomic E-state index is 0.222. The predicted molar refractivity (Wildman–Crippen MR) is 118 cm³/mol. The molecule has 30 heavy (non-hydrogen) atoms. The van der Waals surface area contributed by atoms with E-state index < -0.39 is 6.09 Å². The first-order chi connectivity index (χ1) is 14.6. The van der Waals surface area contributed by atoms with Crippen molar-refractivity contribution in [1.29, 1.82) is 5.26 Å². The largest absolute Gasteiger partial charge is 0.465 e. The molecule has 0 spiro atoms. The highest BCUT2D eigenvalue weighted by Gasteiger charge is 2.28. The topological polar surface area (TPSA) is 81.3 Å². The fraction of sp³-hybridized carbons (Fsp3) is 0.417. The maximum atomic E-state index is 10.9. The summed E-state index contributed by atoms with van der Waals surface area (Å²) in [6, 6.07) is 8.76. The molecule has 1 aliphatic heterocycles. The first-order valence-electron chi connectivity index (χ1n) is 10.8. The number of hydrogen-bond acceptors (Lipinski definition) is 3. The Kier molecular flexibility index (Phi) is 4.74. The van der Waals surface area contributed by atoms with Crippen molar-refractivity contribution in [2.45, 2.75) is 44.7 Å². The van der Waals surface area contributed by atoms with Gasteiger partial charge in [-0.3, -0.25) is 0 Å². The van der Waals surface area contributed by atoms with Crippen LogP contribution in [0.5, 0.6) is 0 Å². The van der Waals surface area contributed by atoms with Crippen molar-refractivity contribution in [2.24, 2.45) is 5.92 Å². The first-order valence-corrected chi connectivity index (χ1v) is 10.8. The molecule has 154 valence electrons. The molecule has 6 nitrogen and oxygen atoms in total. The van der Waals surface area contributed by atoms with Crippen LogP contribution in [0.25, 0.3) is 16.5 Å². The zero-order valence-corrected chi connectivity index (χ0v) is 17.0. The Morgan fingerprint density at radius 2 is 2.07 bits per heavy atom. The van der Waals surface area contributed by atoms with E-state index in [4.69, 9.17) is 5.11 Å². The van der Waals surface area contributed by atoms with E-state index in [-0.39, 0.29) is 6.04 Å². The van der Waals surface area contributed by atoms with E-state index in [2.05, 4.69) is 45.1 Å². The van der Waals surface area contributed by atoms with Crippen LogP contribution in [0.3, 0.4) is 0 Å². The minimum Gasteiger partial charge on any atom is -0.465 e. The van der Waals surface area contributed by atoms with Gasteiger partial charge in [-0.25, -0.2) is 4.79 Å². The van der Waals surface area contributed by atoms with Crippen LogP contribution < -0.4 is 10.2 Å². The molecule has 1 unspecified atom stereocenters. The summed E-state index contributed by atoms with van der Waals surface area (Å²) in [5, 5.41) is 22.5. The number of nitrogens with zero attached hydrogens (tertiary/aromatic N) is 3. The molecular formula is C24H26N4O2. The molecule has 2 fully saturated rings. The van der Waals surface area contributed by atoms with Crippen molar-refractivity contribution in [3.63, 3.8) is 0 Å². The highest BCUT2D eigenvalue weighted by atomic mass is 16.4. The van der Waals surface area contributed by atoms with Crippen LogP contribution in [-0.2, 0) is 6.54 Å². The molecule has 2 aliphatic carbocycles. The summed E-state index contributed by atoms with van der Waals surface area (Å²) in [4.78, 5) is 13.4. The van der Waals surface area contributed by atoms with Crippen molar-refractivity contribution < 1.29 is 9.90 Å². The van der Waals surface area contributed by atoms with Crippen LogP contribution in [0, 0.1) is 17.2 Å². The van der Waals surface area contributed by atoms with Crippen LogP contribution in [0.2, 0.25) is 0 Å². The van der Waals surface area contributed by atoms with Gasteiger partial charge in [-0.05, 0) is 61.8 Å². The normalized spacial score (nSPS) is 21.0. The molecule has 1 amide bonds. The second-order valence-electron chi connectivity index (χ2n) is 8.60. The maximum absolute atomic E-state index is 10.9. The van der Waals surface area contributed by atoms with E-state index >= 15 is 0 Å². The third-order valence-electron chi connectivity index (χ3n) is 6.45. The summed E-state index contributed by atoms with van der Waals surface area (Å²) < 4.78 is 2.34. The monoisotopic (exact) mass is 402 g/mol. The van der Waals surface area contributed by atoms with Gasteiger partial charge < -0.3 is 19.9 Å². The number of benzene rings is 1. The highest BCUT2D eigenvalue weighted by molar-refractivity contribution is 5.96. The van der Waals surface area contributed by atoms with Crippen molar-refractivity contribution in [3.05, 3.63) is 47.7 Å². The lowest BCUT2D eigenvalue weighted by Crippen LogP contribution is -2.32. The highest BCUT2D eigenvalue weighted by Crippen LogP contribution is 2.39. The summed E-state index contributed by atoms with van der Waals surface area (Å²) in [6.45, 7) is 3.12. The van der Waals surface area contributed by atoms with Gasteiger partial charge in [-0.2, -0.15) is 5.26 Å². The lowest BCUT2D eigenvalue weighted by atomic mass is 9.98. The molecule has 6 heteroatoms. The number of aromatic nitrogens is 1. The maximum Gasteiger partial charge on any atom is 0.405 e. The van der Waals surface area contributed by atoms with E-state index in [9.17, 15) is 10.1 Å². The van der Waals surface area contributed by atoms with E-state index in [1.165, 1.54) is 31.4 Å². The fourth-order valence-corrected chi connectivity index (χ4v) is 4.73. The Labute approximate surface area is 176 Å². The number of amides is 1. The zero-order chi connectivity index (χ0) is 20.7. The number of fused-ring (bicyclic) bond motifs is 1. The van der Waals surface area contributed by atoms with Gasteiger partial charge in [0.2, 0.25) is 0 Å². The Morgan fingerprint density at radius 1 is 1.27 bits per heavy atom. The molecule has 5 rings (SSSR count). The molecule has 1 saturated heterocycles. The third-order valence-corrected chi connectivity index (χ3v) is 6.45.